The van der Waals surface area contributed by atoms with Gasteiger partial charge in [-0.05, 0) is 43.3 Å². The molecule has 4 aromatic rings. The Bertz CT molecular complexity index is 1170. The number of aromatic nitrogens is 6. The number of rotatable bonds is 5. The minimum Gasteiger partial charge on any atom is -0.321 e. The lowest BCUT2D eigenvalue weighted by molar-refractivity contribution is -0.117. The highest BCUT2D eigenvalue weighted by Crippen LogP contribution is 2.24. The lowest BCUT2D eigenvalue weighted by Crippen LogP contribution is -2.21. The minimum atomic E-state index is -0.271. The van der Waals surface area contributed by atoms with E-state index >= 15 is 0 Å². The Morgan fingerprint density at radius 2 is 1.76 bits per heavy atom. The number of anilines is 1. The van der Waals surface area contributed by atoms with Crippen LogP contribution in [0.3, 0.4) is 0 Å². The second-order valence-corrected chi connectivity index (χ2v) is 6.87. The molecule has 0 spiro atoms. The van der Waals surface area contributed by atoms with Gasteiger partial charge in [-0.25, -0.2) is 4.68 Å². The molecule has 29 heavy (non-hydrogen) atoms. The van der Waals surface area contributed by atoms with E-state index in [1.54, 1.807) is 16.8 Å². The summed E-state index contributed by atoms with van der Waals surface area (Å²) in [4.78, 5) is 13.8. The number of benzene rings is 2. The summed E-state index contributed by atoms with van der Waals surface area (Å²) in [6, 6.07) is 17.0. The van der Waals surface area contributed by atoms with E-state index in [1.807, 2.05) is 56.3 Å². The Balaban J connectivity index is 1.50. The van der Waals surface area contributed by atoms with Crippen molar-refractivity contribution in [2.45, 2.75) is 20.4 Å². The quantitative estimate of drug-likeness (QED) is 0.547. The van der Waals surface area contributed by atoms with Crippen molar-refractivity contribution in [3.8, 4) is 17.1 Å². The number of halogens is 1. The van der Waals surface area contributed by atoms with E-state index in [0.29, 0.717) is 22.1 Å². The van der Waals surface area contributed by atoms with Crippen LogP contribution >= 0.6 is 11.6 Å². The second-order valence-electron chi connectivity index (χ2n) is 6.46. The molecule has 0 aliphatic rings. The summed E-state index contributed by atoms with van der Waals surface area (Å²) >= 11 is 6.16. The molecule has 0 fully saturated rings. The van der Waals surface area contributed by atoms with E-state index in [9.17, 15) is 4.79 Å². The summed E-state index contributed by atoms with van der Waals surface area (Å²) in [6.45, 7) is 3.68. The molecule has 0 atom stereocenters. The van der Waals surface area contributed by atoms with E-state index in [1.165, 1.54) is 4.80 Å². The number of para-hydroxylation sites is 1. The van der Waals surface area contributed by atoms with Gasteiger partial charge in [-0.3, -0.25) is 4.79 Å². The summed E-state index contributed by atoms with van der Waals surface area (Å²) in [5.74, 6) is 0.0968. The first-order valence-electron chi connectivity index (χ1n) is 8.97. The lowest BCUT2D eigenvalue weighted by Gasteiger charge is -2.06. The van der Waals surface area contributed by atoms with Crippen molar-refractivity contribution >= 4 is 23.2 Å². The van der Waals surface area contributed by atoms with Crippen LogP contribution in [0.5, 0.6) is 0 Å². The number of tetrazole rings is 1. The highest BCUT2D eigenvalue weighted by atomic mass is 35.5. The average molecular weight is 408 g/mol. The van der Waals surface area contributed by atoms with Gasteiger partial charge < -0.3 is 5.32 Å². The van der Waals surface area contributed by atoms with E-state index in [-0.39, 0.29) is 12.5 Å². The zero-order valence-electron chi connectivity index (χ0n) is 15.9. The van der Waals surface area contributed by atoms with Crippen LogP contribution < -0.4 is 5.32 Å². The molecule has 0 aliphatic carbocycles. The average Bonchev–Trinajstić information content (AvgIpc) is 3.29. The number of nitrogens with one attached hydrogen (secondary N) is 1. The monoisotopic (exact) mass is 407 g/mol. The van der Waals surface area contributed by atoms with E-state index < -0.39 is 0 Å². The molecule has 0 aliphatic heterocycles. The van der Waals surface area contributed by atoms with Crippen molar-refractivity contribution in [2.24, 2.45) is 0 Å². The van der Waals surface area contributed by atoms with Gasteiger partial charge in [0.1, 0.15) is 6.54 Å². The fourth-order valence-electron chi connectivity index (χ4n) is 3.01. The zero-order valence-corrected chi connectivity index (χ0v) is 16.6. The first-order valence-corrected chi connectivity index (χ1v) is 9.35. The van der Waals surface area contributed by atoms with Crippen LogP contribution in [0.15, 0.2) is 54.6 Å². The Hall–Kier alpha value is -3.52. The topological polar surface area (TPSA) is 90.5 Å². The third-order valence-corrected chi connectivity index (χ3v) is 4.74. The Labute approximate surface area is 172 Å². The fourth-order valence-corrected chi connectivity index (χ4v) is 3.23. The Kier molecular flexibility index (Phi) is 5.09. The van der Waals surface area contributed by atoms with Crippen LogP contribution in [0.1, 0.15) is 11.4 Å². The van der Waals surface area contributed by atoms with Crippen molar-refractivity contribution in [3.63, 3.8) is 0 Å². The highest BCUT2D eigenvalue weighted by molar-refractivity contribution is 6.33. The Morgan fingerprint density at radius 1 is 1.03 bits per heavy atom. The molecule has 0 radical (unpaired) electrons. The number of amides is 1. The van der Waals surface area contributed by atoms with Crippen LogP contribution in [-0.2, 0) is 11.3 Å². The molecule has 0 saturated heterocycles. The van der Waals surface area contributed by atoms with Gasteiger partial charge in [-0.15, -0.1) is 10.2 Å². The predicted octanol–water partition coefficient (Wildman–Crippen LogP) is 3.43. The van der Waals surface area contributed by atoms with Crippen LogP contribution in [-0.4, -0.2) is 35.9 Å². The Morgan fingerprint density at radius 3 is 2.52 bits per heavy atom. The maximum atomic E-state index is 12.5. The van der Waals surface area contributed by atoms with E-state index in [2.05, 4.69) is 25.8 Å². The van der Waals surface area contributed by atoms with Crippen molar-refractivity contribution < 1.29 is 4.79 Å². The molecule has 0 unspecified atom stereocenters. The summed E-state index contributed by atoms with van der Waals surface area (Å²) in [7, 11) is 0. The van der Waals surface area contributed by atoms with Gasteiger partial charge in [0, 0.05) is 5.56 Å². The van der Waals surface area contributed by atoms with Gasteiger partial charge in [0.2, 0.25) is 11.7 Å². The molecule has 0 bridgehead atoms. The summed E-state index contributed by atoms with van der Waals surface area (Å²) in [5.41, 5.74) is 3.83. The minimum absolute atomic E-state index is 0.0765. The van der Waals surface area contributed by atoms with E-state index in [0.717, 1.165) is 17.1 Å². The smallest absolute Gasteiger partial charge is 0.248 e. The predicted molar refractivity (Wildman–Crippen MR) is 110 cm³/mol. The van der Waals surface area contributed by atoms with Gasteiger partial charge in [-0.1, -0.05) is 41.9 Å². The molecule has 1 amide bonds. The number of carbonyl (C=O) groups excluding carboxylic acids is 1. The number of hydrogen-bond donors (Lipinski definition) is 1. The molecule has 2 heterocycles. The molecule has 1 N–H and O–H groups in total. The van der Waals surface area contributed by atoms with Crippen molar-refractivity contribution in [1.82, 2.24) is 30.0 Å². The van der Waals surface area contributed by atoms with Gasteiger partial charge in [-0.2, -0.15) is 9.90 Å². The maximum Gasteiger partial charge on any atom is 0.248 e. The maximum absolute atomic E-state index is 12.5. The summed E-state index contributed by atoms with van der Waals surface area (Å²) in [6.07, 6.45) is 0. The van der Waals surface area contributed by atoms with Crippen LogP contribution in [0.25, 0.3) is 17.1 Å². The molecular weight excluding hydrogens is 390 g/mol. The van der Waals surface area contributed by atoms with Crippen molar-refractivity contribution in [2.75, 3.05) is 5.32 Å². The van der Waals surface area contributed by atoms with Crippen LogP contribution in [0.2, 0.25) is 5.02 Å². The lowest BCUT2D eigenvalue weighted by atomic mass is 10.2. The number of aryl methyl sites for hydroxylation is 1. The van der Waals surface area contributed by atoms with Gasteiger partial charge in [0.25, 0.3) is 0 Å². The highest BCUT2D eigenvalue weighted by Gasteiger charge is 2.17. The normalized spacial score (nSPS) is 10.9. The molecule has 9 heteroatoms. The molecule has 2 aromatic heterocycles. The van der Waals surface area contributed by atoms with Gasteiger partial charge >= 0.3 is 0 Å². The van der Waals surface area contributed by atoms with Crippen LogP contribution in [0.4, 0.5) is 5.69 Å². The first kappa shape index (κ1) is 18.8. The van der Waals surface area contributed by atoms with Crippen molar-refractivity contribution in [3.05, 3.63) is 71.0 Å². The zero-order chi connectivity index (χ0) is 20.4. The van der Waals surface area contributed by atoms with Crippen LogP contribution in [0, 0.1) is 13.8 Å². The number of hydrogen-bond acceptors (Lipinski definition) is 5. The molecular formula is C20H18ClN7O. The third-order valence-electron chi connectivity index (χ3n) is 4.41. The standard InChI is InChI=1S/C20H18ClN7O/c1-13-19(14(2)28(24-13)15-8-4-3-5-9-15)22-18(29)12-27-25-20(23-26-27)16-10-6-7-11-17(16)21/h3-11H,12H2,1-2H3,(H,22,29). The number of carbonyl (C=O) groups is 1. The molecule has 8 nitrogen and oxygen atoms in total. The van der Waals surface area contributed by atoms with Gasteiger partial charge in [0.15, 0.2) is 0 Å². The SMILES string of the molecule is Cc1nn(-c2ccccc2)c(C)c1NC(=O)Cn1nnc(-c2ccccc2Cl)n1. The number of nitrogens with zero attached hydrogens (tertiary/aromatic N) is 6. The molecule has 4 rings (SSSR count). The first-order chi connectivity index (χ1) is 14.0. The molecule has 146 valence electrons. The van der Waals surface area contributed by atoms with Gasteiger partial charge in [0.05, 0.1) is 27.8 Å². The van der Waals surface area contributed by atoms with Crippen molar-refractivity contribution in [1.29, 1.82) is 0 Å². The largest absolute Gasteiger partial charge is 0.321 e. The third kappa shape index (κ3) is 3.88. The summed E-state index contributed by atoms with van der Waals surface area (Å²) in [5, 5.41) is 20.1. The summed E-state index contributed by atoms with van der Waals surface area (Å²) < 4.78 is 1.80. The second kappa shape index (κ2) is 7.84. The fraction of sp³-hybridized carbons (Fsp3) is 0.150. The molecule has 0 saturated carbocycles. The van der Waals surface area contributed by atoms with E-state index in [4.69, 9.17) is 11.6 Å². The molecule has 2 aromatic carbocycles.